The van der Waals surface area contributed by atoms with Crippen LogP contribution >= 0.6 is 0 Å². The van der Waals surface area contributed by atoms with Crippen LogP contribution < -0.4 is 0 Å². The zero-order valence-electron chi connectivity index (χ0n) is 19.7. The Labute approximate surface area is 194 Å². The zero-order chi connectivity index (χ0) is 23.9. The van der Waals surface area contributed by atoms with Crippen LogP contribution in [0.25, 0.3) is 5.76 Å². The molecule has 1 aliphatic heterocycles. The lowest BCUT2D eigenvalue weighted by atomic mass is 9.85. The van der Waals surface area contributed by atoms with Crippen molar-refractivity contribution in [3.05, 3.63) is 100 Å². The van der Waals surface area contributed by atoms with Crippen molar-refractivity contribution in [2.24, 2.45) is 0 Å². The first-order valence-electron chi connectivity index (χ1n) is 11.1. The fourth-order valence-electron chi connectivity index (χ4n) is 4.26. The molecule has 1 saturated heterocycles. The van der Waals surface area contributed by atoms with E-state index in [9.17, 15) is 14.7 Å². The van der Waals surface area contributed by atoms with Gasteiger partial charge in [-0.25, -0.2) is 0 Å². The van der Waals surface area contributed by atoms with Crippen molar-refractivity contribution in [2.75, 3.05) is 0 Å². The molecule has 1 aromatic heterocycles. The van der Waals surface area contributed by atoms with Crippen LogP contribution in [0.4, 0.5) is 0 Å². The van der Waals surface area contributed by atoms with Gasteiger partial charge in [-0.2, -0.15) is 0 Å². The summed E-state index contributed by atoms with van der Waals surface area (Å²) in [5.74, 6) is -0.922. The van der Waals surface area contributed by atoms with E-state index in [4.69, 9.17) is 4.42 Å². The zero-order valence-corrected chi connectivity index (χ0v) is 19.7. The van der Waals surface area contributed by atoms with Gasteiger partial charge < -0.3 is 14.4 Å². The molecule has 1 amide bonds. The molecule has 1 fully saturated rings. The van der Waals surface area contributed by atoms with Crippen molar-refractivity contribution in [3.8, 4) is 0 Å². The summed E-state index contributed by atoms with van der Waals surface area (Å²) in [5, 5.41) is 11.3. The minimum absolute atomic E-state index is 0.0345. The Bertz CT molecular complexity index is 1230. The summed E-state index contributed by atoms with van der Waals surface area (Å²) in [7, 11) is 0. The van der Waals surface area contributed by atoms with Crippen LogP contribution in [0.1, 0.15) is 60.4 Å². The number of benzene rings is 2. The van der Waals surface area contributed by atoms with Crippen LogP contribution in [0, 0.1) is 13.8 Å². The van der Waals surface area contributed by atoms with Crippen LogP contribution in [-0.2, 0) is 21.5 Å². The number of amides is 1. The molecule has 33 heavy (non-hydrogen) atoms. The van der Waals surface area contributed by atoms with Crippen LogP contribution in [-0.4, -0.2) is 21.7 Å². The third-order valence-corrected chi connectivity index (χ3v) is 6.19. The predicted molar refractivity (Wildman–Crippen MR) is 128 cm³/mol. The van der Waals surface area contributed by atoms with E-state index in [0.29, 0.717) is 11.3 Å². The molecule has 0 spiro atoms. The maximum absolute atomic E-state index is 13.2. The van der Waals surface area contributed by atoms with E-state index in [2.05, 4.69) is 20.8 Å². The first kappa shape index (κ1) is 22.6. The molecule has 1 aliphatic rings. The number of nitrogens with zero attached hydrogens (tertiary/aromatic N) is 1. The van der Waals surface area contributed by atoms with Gasteiger partial charge in [0.05, 0.1) is 24.4 Å². The van der Waals surface area contributed by atoms with E-state index >= 15 is 0 Å². The molecular weight excluding hydrogens is 414 g/mol. The van der Waals surface area contributed by atoms with Crippen molar-refractivity contribution in [1.29, 1.82) is 0 Å². The van der Waals surface area contributed by atoms with Crippen molar-refractivity contribution in [1.82, 2.24) is 4.90 Å². The molecule has 0 radical (unpaired) electrons. The standard InChI is InChI=1S/C28H29NO4/c1-17-8-9-18(2)22(15-17)25(30)23-24(19-10-12-20(13-11-19)28(3,4)5)29(27(32)26(23)31)16-21-7-6-14-33-21/h6-15,24,30H,16H2,1-5H3/b25-23+. The minimum Gasteiger partial charge on any atom is -0.507 e. The highest BCUT2D eigenvalue weighted by molar-refractivity contribution is 6.46. The summed E-state index contributed by atoms with van der Waals surface area (Å²) < 4.78 is 5.46. The van der Waals surface area contributed by atoms with Gasteiger partial charge in [-0.05, 0) is 54.2 Å². The number of carbonyl (C=O) groups excluding carboxylic acids is 2. The molecule has 3 aromatic rings. The molecule has 0 aliphatic carbocycles. The Morgan fingerprint density at radius 3 is 2.33 bits per heavy atom. The van der Waals surface area contributed by atoms with Crippen LogP contribution in [0.5, 0.6) is 0 Å². The van der Waals surface area contributed by atoms with Crippen LogP contribution in [0.15, 0.2) is 70.9 Å². The van der Waals surface area contributed by atoms with E-state index in [-0.39, 0.29) is 23.3 Å². The molecule has 1 unspecified atom stereocenters. The molecular formula is C28H29NO4. The number of aliphatic hydroxyl groups is 1. The second kappa shape index (κ2) is 8.39. The molecule has 1 N–H and O–H groups in total. The van der Waals surface area contributed by atoms with E-state index in [1.165, 1.54) is 11.2 Å². The van der Waals surface area contributed by atoms with Crippen LogP contribution in [0.3, 0.4) is 0 Å². The lowest BCUT2D eigenvalue weighted by molar-refractivity contribution is -0.140. The van der Waals surface area contributed by atoms with Gasteiger partial charge in [-0.1, -0.05) is 62.7 Å². The number of aryl methyl sites for hydroxylation is 2. The van der Waals surface area contributed by atoms with E-state index in [0.717, 1.165) is 22.3 Å². The molecule has 5 nitrogen and oxygen atoms in total. The largest absolute Gasteiger partial charge is 0.507 e. The van der Waals surface area contributed by atoms with Gasteiger partial charge >= 0.3 is 0 Å². The molecule has 2 aromatic carbocycles. The van der Waals surface area contributed by atoms with Gasteiger partial charge in [-0.3, -0.25) is 9.59 Å². The molecule has 2 heterocycles. The van der Waals surface area contributed by atoms with Gasteiger partial charge in [-0.15, -0.1) is 0 Å². The second-order valence-electron chi connectivity index (χ2n) is 9.70. The van der Waals surface area contributed by atoms with E-state index in [1.807, 2.05) is 56.3 Å². The Morgan fingerprint density at radius 1 is 1.03 bits per heavy atom. The smallest absolute Gasteiger partial charge is 0.296 e. The maximum atomic E-state index is 13.2. The molecule has 0 saturated carbocycles. The molecule has 1 atom stereocenters. The Hall–Kier alpha value is -3.60. The number of hydrogen-bond acceptors (Lipinski definition) is 4. The number of Topliss-reactive ketones (excluding diaryl/α,β-unsaturated/α-hetero) is 1. The normalized spacial score (nSPS) is 18.2. The minimum atomic E-state index is -0.718. The first-order chi connectivity index (χ1) is 15.6. The number of aliphatic hydroxyl groups excluding tert-OH is 1. The van der Waals surface area contributed by atoms with Gasteiger partial charge in [0.2, 0.25) is 0 Å². The summed E-state index contributed by atoms with van der Waals surface area (Å²) in [4.78, 5) is 27.8. The second-order valence-corrected chi connectivity index (χ2v) is 9.70. The van der Waals surface area contributed by atoms with E-state index < -0.39 is 17.7 Å². The average molecular weight is 444 g/mol. The third-order valence-electron chi connectivity index (χ3n) is 6.19. The molecule has 170 valence electrons. The fourth-order valence-corrected chi connectivity index (χ4v) is 4.26. The highest BCUT2D eigenvalue weighted by atomic mass is 16.3. The SMILES string of the molecule is Cc1ccc(C)c(/C(O)=C2\C(=O)C(=O)N(Cc3ccco3)C2c2ccc(C(C)(C)C)cc2)c1. The Morgan fingerprint density at radius 2 is 1.73 bits per heavy atom. The average Bonchev–Trinajstić information content (AvgIpc) is 3.37. The van der Waals surface area contributed by atoms with Crippen LogP contribution in [0.2, 0.25) is 0 Å². The fraction of sp³-hybridized carbons (Fsp3) is 0.286. The Kier molecular flexibility index (Phi) is 5.75. The highest BCUT2D eigenvalue weighted by Gasteiger charge is 2.46. The lowest BCUT2D eigenvalue weighted by Crippen LogP contribution is -2.29. The molecule has 0 bridgehead atoms. The van der Waals surface area contributed by atoms with Crippen molar-refractivity contribution in [3.63, 3.8) is 0 Å². The lowest BCUT2D eigenvalue weighted by Gasteiger charge is -2.26. The van der Waals surface area contributed by atoms with Crippen molar-refractivity contribution in [2.45, 2.75) is 52.6 Å². The van der Waals surface area contributed by atoms with Gasteiger partial charge in [0.25, 0.3) is 11.7 Å². The van der Waals surface area contributed by atoms with E-state index in [1.54, 1.807) is 12.1 Å². The number of rotatable bonds is 4. The van der Waals surface area contributed by atoms with Gasteiger partial charge in [0.1, 0.15) is 11.5 Å². The molecule has 5 heteroatoms. The molecule has 4 rings (SSSR count). The maximum Gasteiger partial charge on any atom is 0.296 e. The van der Waals surface area contributed by atoms with Gasteiger partial charge in [0, 0.05) is 5.56 Å². The van der Waals surface area contributed by atoms with Gasteiger partial charge in [0.15, 0.2) is 0 Å². The summed E-state index contributed by atoms with van der Waals surface area (Å²) in [6.45, 7) is 10.3. The third kappa shape index (κ3) is 4.23. The highest BCUT2D eigenvalue weighted by Crippen LogP contribution is 2.41. The van der Waals surface area contributed by atoms with Crippen molar-refractivity contribution < 1.29 is 19.1 Å². The number of likely N-dealkylation sites (tertiary alicyclic amines) is 1. The number of hydrogen-bond donors (Lipinski definition) is 1. The topological polar surface area (TPSA) is 70.8 Å². The summed E-state index contributed by atoms with van der Waals surface area (Å²) >= 11 is 0. The first-order valence-corrected chi connectivity index (χ1v) is 11.1. The van der Waals surface area contributed by atoms with Crippen molar-refractivity contribution >= 4 is 17.4 Å². The number of carbonyl (C=O) groups is 2. The number of furan rings is 1. The Balaban J connectivity index is 1.89. The summed E-state index contributed by atoms with van der Waals surface area (Å²) in [6.07, 6.45) is 1.54. The quantitative estimate of drug-likeness (QED) is 0.314. The summed E-state index contributed by atoms with van der Waals surface area (Å²) in [6, 6.07) is 16.4. The predicted octanol–water partition coefficient (Wildman–Crippen LogP) is 5.82. The monoisotopic (exact) mass is 443 g/mol. The summed E-state index contributed by atoms with van der Waals surface area (Å²) in [5.41, 5.74) is 4.32. The number of ketones is 1.